The molecule has 0 aromatic heterocycles. The second-order valence-electron chi connectivity index (χ2n) is 13.9. The highest BCUT2D eigenvalue weighted by molar-refractivity contribution is 7.86. The topological polar surface area (TPSA) is 93.1 Å². The van der Waals surface area contributed by atoms with Crippen molar-refractivity contribution < 1.29 is 27.6 Å². The van der Waals surface area contributed by atoms with E-state index in [0.717, 1.165) is 56.1 Å². The molecule has 41 heavy (non-hydrogen) atoms. The van der Waals surface area contributed by atoms with E-state index < -0.39 is 26.7 Å². The molecule has 4 aliphatic rings. The Balaban J connectivity index is 1.08. The minimum absolute atomic E-state index is 0.00921. The Hall–Kier alpha value is -1.77. The van der Waals surface area contributed by atoms with Gasteiger partial charge >= 0.3 is 0 Å². The predicted octanol–water partition coefficient (Wildman–Crippen LogP) is 6.13. The Kier molecular flexibility index (Phi) is 7.47. The molecule has 0 amide bonds. The molecular formula is C34H46O6S. The smallest absolute Gasteiger partial charge is 0.297 e. The third kappa shape index (κ3) is 4.62. The van der Waals surface area contributed by atoms with Crippen molar-refractivity contribution in [2.45, 2.75) is 101 Å². The van der Waals surface area contributed by atoms with Crippen LogP contribution >= 0.6 is 0 Å². The highest BCUT2D eigenvalue weighted by atomic mass is 32.2. The van der Waals surface area contributed by atoms with E-state index in [9.17, 15) is 18.6 Å². The van der Waals surface area contributed by atoms with Gasteiger partial charge < -0.3 is 14.9 Å². The van der Waals surface area contributed by atoms with E-state index in [0.29, 0.717) is 24.7 Å². The molecular weight excluding hydrogens is 536 g/mol. The molecule has 0 bridgehead atoms. The SMILES string of the molecule is Cc1ccc(S(=O)(=O)OCCO[C@H]2CC[C@@]3(C)[C@H](CC[C@@H]4[C@@H]3CC[C@]3(C)[C@@](O)(c5ccccc5)CC[C@]43O)C2)cc1. The third-order valence-electron chi connectivity index (χ3n) is 12.2. The number of rotatable bonds is 7. The van der Waals surface area contributed by atoms with Gasteiger partial charge in [0.25, 0.3) is 10.1 Å². The Bertz CT molecular complexity index is 1350. The standard InChI is InChI=1S/C34H46O6S/c1-24-9-12-28(13-10-24)41(37,38)40-22-21-39-27-15-17-31(2)26(23-27)11-14-30-29(31)16-18-32(3)33(35,19-20-34(30,32)36)25-7-5-4-6-8-25/h4-10,12-13,26-27,29-30,35-36H,11,14-23H2,1-3H3/t26-,27+,29+,30-,31+,32-,33+,34+/m1/s1. The number of ether oxygens (including phenoxy) is 1. The number of benzene rings is 2. The normalized spacial score (nSPS) is 40.4. The van der Waals surface area contributed by atoms with Gasteiger partial charge in [0.2, 0.25) is 0 Å². The molecule has 0 aliphatic heterocycles. The van der Waals surface area contributed by atoms with Gasteiger partial charge in [0.15, 0.2) is 0 Å². The van der Waals surface area contributed by atoms with Crippen molar-refractivity contribution >= 4 is 10.1 Å². The van der Waals surface area contributed by atoms with Crippen molar-refractivity contribution in [3.63, 3.8) is 0 Å². The molecule has 0 spiro atoms. The summed E-state index contributed by atoms with van der Waals surface area (Å²) in [4.78, 5) is 0.169. The first-order valence-electron chi connectivity index (χ1n) is 15.5. The average molecular weight is 583 g/mol. The summed E-state index contributed by atoms with van der Waals surface area (Å²) in [5.41, 5.74) is -0.373. The van der Waals surface area contributed by atoms with Gasteiger partial charge in [-0.15, -0.1) is 0 Å². The van der Waals surface area contributed by atoms with Crippen LogP contribution in [-0.4, -0.2) is 43.5 Å². The van der Waals surface area contributed by atoms with Crippen LogP contribution in [0.2, 0.25) is 0 Å². The summed E-state index contributed by atoms with van der Waals surface area (Å²) in [6.45, 7) is 6.76. The highest BCUT2D eigenvalue weighted by Crippen LogP contribution is 2.71. The number of fused-ring (bicyclic) bond motifs is 5. The summed E-state index contributed by atoms with van der Waals surface area (Å²) in [6.07, 6.45) is 8.18. The van der Waals surface area contributed by atoms with Crippen LogP contribution in [0.15, 0.2) is 59.5 Å². The van der Waals surface area contributed by atoms with E-state index in [1.165, 1.54) is 0 Å². The largest absolute Gasteiger partial charge is 0.389 e. The molecule has 0 unspecified atom stereocenters. The molecule has 0 saturated heterocycles. The minimum atomic E-state index is -3.79. The maximum atomic E-state index is 12.5. The Morgan fingerprint density at radius 3 is 2.29 bits per heavy atom. The van der Waals surface area contributed by atoms with Crippen LogP contribution in [0.3, 0.4) is 0 Å². The first kappa shape index (κ1) is 29.3. The Labute approximate surface area is 245 Å². The van der Waals surface area contributed by atoms with Gasteiger partial charge in [-0.3, -0.25) is 4.18 Å². The second kappa shape index (κ2) is 10.4. The molecule has 4 aliphatic carbocycles. The summed E-state index contributed by atoms with van der Waals surface area (Å²) < 4.78 is 36.4. The Morgan fingerprint density at radius 2 is 1.56 bits per heavy atom. The zero-order valence-corrected chi connectivity index (χ0v) is 25.5. The zero-order chi connectivity index (χ0) is 29.1. The minimum Gasteiger partial charge on any atom is -0.389 e. The van der Waals surface area contributed by atoms with Gasteiger partial charge in [0, 0.05) is 5.41 Å². The maximum absolute atomic E-state index is 12.5. The third-order valence-corrected chi connectivity index (χ3v) is 13.5. The molecule has 2 aromatic rings. The van der Waals surface area contributed by atoms with Crippen LogP contribution in [0.25, 0.3) is 0 Å². The summed E-state index contributed by atoms with van der Waals surface area (Å²) >= 11 is 0. The van der Waals surface area contributed by atoms with Crippen molar-refractivity contribution in [2.75, 3.05) is 13.2 Å². The van der Waals surface area contributed by atoms with Gasteiger partial charge in [-0.05, 0) is 106 Å². The van der Waals surface area contributed by atoms with Gasteiger partial charge in [-0.25, -0.2) is 0 Å². The number of hydrogen-bond donors (Lipinski definition) is 2. The Morgan fingerprint density at radius 1 is 0.829 bits per heavy atom. The monoisotopic (exact) mass is 582 g/mol. The summed E-state index contributed by atoms with van der Waals surface area (Å²) in [5, 5.41) is 24.6. The first-order chi connectivity index (χ1) is 19.4. The number of aryl methyl sites for hydroxylation is 1. The van der Waals surface area contributed by atoms with Crippen LogP contribution in [0.1, 0.15) is 82.8 Å². The zero-order valence-electron chi connectivity index (χ0n) is 24.7. The molecule has 8 atom stereocenters. The molecule has 7 heteroatoms. The van der Waals surface area contributed by atoms with Crippen molar-refractivity contribution in [1.82, 2.24) is 0 Å². The molecule has 224 valence electrons. The lowest BCUT2D eigenvalue weighted by atomic mass is 9.43. The molecule has 4 fully saturated rings. The van der Waals surface area contributed by atoms with Crippen molar-refractivity contribution in [2.24, 2.45) is 28.6 Å². The van der Waals surface area contributed by atoms with Crippen molar-refractivity contribution in [3.8, 4) is 0 Å². The van der Waals surface area contributed by atoms with E-state index in [1.54, 1.807) is 24.3 Å². The molecule has 0 radical (unpaired) electrons. The lowest BCUT2D eigenvalue weighted by Gasteiger charge is -2.64. The van der Waals surface area contributed by atoms with Crippen molar-refractivity contribution in [1.29, 1.82) is 0 Å². The van der Waals surface area contributed by atoms with Crippen molar-refractivity contribution in [3.05, 3.63) is 65.7 Å². The number of aliphatic hydroxyl groups is 2. The summed E-state index contributed by atoms with van der Waals surface area (Å²) in [6, 6.07) is 16.7. The lowest BCUT2D eigenvalue weighted by molar-refractivity contribution is -0.239. The fourth-order valence-corrected chi connectivity index (χ4v) is 10.6. The van der Waals surface area contributed by atoms with Crippen LogP contribution in [0, 0.1) is 35.5 Å². The second-order valence-corrected chi connectivity index (χ2v) is 15.5. The van der Waals surface area contributed by atoms with Gasteiger partial charge in [-0.2, -0.15) is 8.42 Å². The quantitative estimate of drug-likeness (QED) is 0.301. The van der Waals surface area contributed by atoms with E-state index in [2.05, 4.69) is 13.8 Å². The van der Waals surface area contributed by atoms with Crippen LogP contribution in [-0.2, 0) is 24.6 Å². The molecule has 2 N–H and O–H groups in total. The first-order valence-corrected chi connectivity index (χ1v) is 16.9. The van der Waals surface area contributed by atoms with Crippen LogP contribution in [0.5, 0.6) is 0 Å². The van der Waals surface area contributed by atoms with E-state index >= 15 is 0 Å². The average Bonchev–Trinajstić information content (AvgIpc) is 3.18. The number of hydrogen-bond acceptors (Lipinski definition) is 6. The predicted molar refractivity (Wildman–Crippen MR) is 158 cm³/mol. The van der Waals surface area contributed by atoms with E-state index in [4.69, 9.17) is 8.92 Å². The molecule has 0 heterocycles. The molecule has 2 aromatic carbocycles. The lowest BCUT2D eigenvalue weighted by Crippen LogP contribution is -2.64. The molecule has 6 rings (SSSR count). The molecule has 4 saturated carbocycles. The van der Waals surface area contributed by atoms with Crippen LogP contribution < -0.4 is 0 Å². The summed E-state index contributed by atoms with van der Waals surface area (Å²) in [5.74, 6) is 1.14. The summed E-state index contributed by atoms with van der Waals surface area (Å²) in [7, 11) is -3.79. The van der Waals surface area contributed by atoms with Gasteiger partial charge in [-0.1, -0.05) is 61.9 Å². The molecule has 6 nitrogen and oxygen atoms in total. The fourth-order valence-electron chi connectivity index (χ4n) is 9.66. The maximum Gasteiger partial charge on any atom is 0.297 e. The van der Waals surface area contributed by atoms with Crippen LogP contribution in [0.4, 0.5) is 0 Å². The van der Waals surface area contributed by atoms with E-state index in [1.807, 2.05) is 37.3 Å². The van der Waals surface area contributed by atoms with Gasteiger partial charge in [0.05, 0.1) is 35.4 Å². The fraction of sp³-hybridized carbons (Fsp3) is 0.647. The highest BCUT2D eigenvalue weighted by Gasteiger charge is 2.72. The van der Waals surface area contributed by atoms with E-state index in [-0.39, 0.29) is 35.5 Å². The van der Waals surface area contributed by atoms with Gasteiger partial charge in [0.1, 0.15) is 0 Å².